The van der Waals surface area contributed by atoms with E-state index in [9.17, 15) is 4.21 Å². The Morgan fingerprint density at radius 2 is 2.29 bits per heavy atom. The van der Waals surface area contributed by atoms with Gasteiger partial charge in [-0.05, 0) is 36.5 Å². The molecule has 4 heteroatoms. The van der Waals surface area contributed by atoms with E-state index in [1.807, 2.05) is 18.2 Å². The number of rotatable bonds is 5. The van der Waals surface area contributed by atoms with Gasteiger partial charge in [0, 0.05) is 17.1 Å². The predicted octanol–water partition coefficient (Wildman–Crippen LogP) is 2.50. The fraction of sp³-hybridized carbons (Fsp3) is 0.462. The van der Waals surface area contributed by atoms with Crippen molar-refractivity contribution in [2.45, 2.75) is 24.2 Å². The van der Waals surface area contributed by atoms with Crippen molar-refractivity contribution in [2.75, 3.05) is 12.9 Å². The molecule has 1 fully saturated rings. The van der Waals surface area contributed by atoms with E-state index in [2.05, 4.69) is 6.07 Å². The van der Waals surface area contributed by atoms with Gasteiger partial charge in [0.15, 0.2) is 0 Å². The number of methoxy groups -OCH3 is 1. The summed E-state index contributed by atoms with van der Waals surface area (Å²) in [4.78, 5) is 0.786. The van der Waals surface area contributed by atoms with Crippen LogP contribution < -0.4 is 4.74 Å². The van der Waals surface area contributed by atoms with E-state index in [0.717, 1.165) is 23.5 Å². The van der Waals surface area contributed by atoms with Gasteiger partial charge >= 0.3 is 0 Å². The Labute approximate surface area is 104 Å². The summed E-state index contributed by atoms with van der Waals surface area (Å²) < 4.78 is 17.3. The van der Waals surface area contributed by atoms with Gasteiger partial charge in [-0.1, -0.05) is 6.07 Å². The standard InChI is InChI=1S/C13H15NO2S/c1-16-11-3-2-4-12(9-11)17(15)10-13(5-6-13)7-8-14/h2-4,9H,5-7,10H2,1H3. The summed E-state index contributed by atoms with van der Waals surface area (Å²) in [6.45, 7) is 0. The van der Waals surface area contributed by atoms with Crippen LogP contribution in [0.1, 0.15) is 19.3 Å². The summed E-state index contributed by atoms with van der Waals surface area (Å²) in [7, 11) is 0.562. The molecule has 0 aliphatic heterocycles. The molecule has 1 aliphatic carbocycles. The van der Waals surface area contributed by atoms with Crippen LogP contribution >= 0.6 is 0 Å². The summed E-state index contributed by atoms with van der Waals surface area (Å²) >= 11 is 0. The molecule has 0 aromatic heterocycles. The van der Waals surface area contributed by atoms with Gasteiger partial charge in [-0.15, -0.1) is 0 Å². The summed E-state index contributed by atoms with van der Waals surface area (Å²) in [5, 5.41) is 8.74. The van der Waals surface area contributed by atoms with Crippen LogP contribution in [0.2, 0.25) is 0 Å². The summed E-state index contributed by atoms with van der Waals surface area (Å²) in [5.74, 6) is 1.31. The van der Waals surface area contributed by atoms with Gasteiger partial charge in [0.2, 0.25) is 0 Å². The fourth-order valence-corrected chi connectivity index (χ4v) is 3.41. The maximum absolute atomic E-state index is 12.2. The topological polar surface area (TPSA) is 50.1 Å². The normalized spacial score (nSPS) is 18.1. The minimum Gasteiger partial charge on any atom is -0.497 e. The second-order valence-corrected chi connectivity index (χ2v) is 5.95. The highest BCUT2D eigenvalue weighted by atomic mass is 32.2. The molecule has 3 nitrogen and oxygen atoms in total. The lowest BCUT2D eigenvalue weighted by molar-refractivity contribution is 0.413. The summed E-state index contributed by atoms with van der Waals surface area (Å²) in [6.07, 6.45) is 2.56. The smallest absolute Gasteiger partial charge is 0.120 e. The first-order valence-electron chi connectivity index (χ1n) is 5.58. The minimum absolute atomic E-state index is 0.0166. The Morgan fingerprint density at radius 1 is 1.53 bits per heavy atom. The fourth-order valence-electron chi connectivity index (χ4n) is 1.82. The van der Waals surface area contributed by atoms with Crippen molar-refractivity contribution in [3.63, 3.8) is 0 Å². The molecular weight excluding hydrogens is 234 g/mol. The zero-order chi connectivity index (χ0) is 12.3. The van der Waals surface area contributed by atoms with Crippen LogP contribution in [0, 0.1) is 16.7 Å². The zero-order valence-electron chi connectivity index (χ0n) is 9.81. The minimum atomic E-state index is -1.03. The van der Waals surface area contributed by atoms with E-state index in [1.54, 1.807) is 13.2 Å². The van der Waals surface area contributed by atoms with E-state index in [-0.39, 0.29) is 5.41 Å². The van der Waals surface area contributed by atoms with E-state index >= 15 is 0 Å². The molecule has 0 N–H and O–H groups in total. The van der Waals surface area contributed by atoms with Crippen molar-refractivity contribution < 1.29 is 8.95 Å². The van der Waals surface area contributed by atoms with Crippen molar-refractivity contribution in [1.29, 1.82) is 5.26 Å². The van der Waals surface area contributed by atoms with Crippen molar-refractivity contribution in [2.24, 2.45) is 5.41 Å². The molecule has 90 valence electrons. The highest BCUT2D eigenvalue weighted by Crippen LogP contribution is 2.49. The average Bonchev–Trinajstić information content (AvgIpc) is 3.09. The van der Waals surface area contributed by atoms with Crippen LogP contribution in [0.5, 0.6) is 5.75 Å². The molecule has 0 spiro atoms. The molecule has 0 heterocycles. The van der Waals surface area contributed by atoms with Crippen molar-refractivity contribution in [1.82, 2.24) is 0 Å². The Hall–Kier alpha value is -1.34. The van der Waals surface area contributed by atoms with Crippen molar-refractivity contribution in [3.8, 4) is 11.8 Å². The lowest BCUT2D eigenvalue weighted by atomic mass is 10.1. The molecule has 0 saturated heterocycles. The second-order valence-electron chi connectivity index (χ2n) is 4.50. The highest BCUT2D eigenvalue weighted by molar-refractivity contribution is 7.85. The molecule has 1 aromatic carbocycles. The predicted molar refractivity (Wildman–Crippen MR) is 66.2 cm³/mol. The Morgan fingerprint density at radius 3 is 2.88 bits per heavy atom. The van der Waals surface area contributed by atoms with Gasteiger partial charge < -0.3 is 4.74 Å². The number of hydrogen-bond acceptors (Lipinski definition) is 3. The van der Waals surface area contributed by atoms with Crippen molar-refractivity contribution >= 4 is 10.8 Å². The van der Waals surface area contributed by atoms with Gasteiger partial charge in [-0.2, -0.15) is 5.26 Å². The Kier molecular flexibility index (Phi) is 3.49. The molecule has 0 amide bonds. The number of nitrogens with zero attached hydrogens (tertiary/aromatic N) is 1. The van der Waals surface area contributed by atoms with Gasteiger partial charge in [0.25, 0.3) is 0 Å². The van der Waals surface area contributed by atoms with Crippen LogP contribution in [-0.4, -0.2) is 17.1 Å². The van der Waals surface area contributed by atoms with Crippen molar-refractivity contribution in [3.05, 3.63) is 24.3 Å². The maximum Gasteiger partial charge on any atom is 0.120 e. The molecule has 0 bridgehead atoms. The zero-order valence-corrected chi connectivity index (χ0v) is 10.6. The number of hydrogen-bond donors (Lipinski definition) is 0. The number of benzene rings is 1. The van der Waals surface area contributed by atoms with Crippen LogP contribution in [0.15, 0.2) is 29.2 Å². The van der Waals surface area contributed by atoms with E-state index in [4.69, 9.17) is 10.00 Å². The molecular formula is C13H15NO2S. The molecule has 1 aromatic rings. The van der Waals surface area contributed by atoms with Gasteiger partial charge in [-0.25, -0.2) is 0 Å². The first-order chi connectivity index (χ1) is 8.19. The van der Waals surface area contributed by atoms with Crippen LogP contribution in [-0.2, 0) is 10.8 Å². The molecule has 17 heavy (non-hydrogen) atoms. The quantitative estimate of drug-likeness (QED) is 0.805. The molecule has 0 radical (unpaired) electrons. The molecule has 1 saturated carbocycles. The summed E-state index contributed by atoms with van der Waals surface area (Å²) in [6, 6.07) is 9.52. The molecule has 1 atom stereocenters. The van der Waals surface area contributed by atoms with Gasteiger partial charge in [-0.3, -0.25) is 4.21 Å². The monoisotopic (exact) mass is 249 g/mol. The van der Waals surface area contributed by atoms with E-state index in [1.165, 1.54) is 0 Å². The first kappa shape index (κ1) is 12.1. The van der Waals surface area contributed by atoms with Crippen LogP contribution in [0.3, 0.4) is 0 Å². The van der Waals surface area contributed by atoms with E-state index in [0.29, 0.717) is 12.2 Å². The lowest BCUT2D eigenvalue weighted by Gasteiger charge is -2.10. The lowest BCUT2D eigenvalue weighted by Crippen LogP contribution is -2.11. The molecule has 2 rings (SSSR count). The highest BCUT2D eigenvalue weighted by Gasteiger charge is 2.43. The first-order valence-corrected chi connectivity index (χ1v) is 6.90. The second kappa shape index (κ2) is 4.89. The average molecular weight is 249 g/mol. The molecule has 1 unspecified atom stereocenters. The van der Waals surface area contributed by atoms with E-state index < -0.39 is 10.8 Å². The largest absolute Gasteiger partial charge is 0.497 e. The van der Waals surface area contributed by atoms with Gasteiger partial charge in [0.05, 0.1) is 24.0 Å². The van der Waals surface area contributed by atoms with Crippen LogP contribution in [0.25, 0.3) is 0 Å². The number of nitriles is 1. The third kappa shape index (κ3) is 2.86. The Balaban J connectivity index is 2.07. The van der Waals surface area contributed by atoms with Gasteiger partial charge in [0.1, 0.15) is 5.75 Å². The SMILES string of the molecule is COc1cccc(S(=O)CC2(CC#N)CC2)c1. The third-order valence-corrected chi connectivity index (χ3v) is 4.81. The number of ether oxygens (including phenoxy) is 1. The van der Waals surface area contributed by atoms with Crippen LogP contribution in [0.4, 0.5) is 0 Å². The summed E-state index contributed by atoms with van der Waals surface area (Å²) in [5.41, 5.74) is 0.0166. The Bertz CT molecular complexity index is 475. The third-order valence-electron chi connectivity index (χ3n) is 3.15. The molecule has 1 aliphatic rings. The maximum atomic E-state index is 12.2.